The van der Waals surface area contributed by atoms with E-state index < -0.39 is 11.5 Å². The highest BCUT2D eigenvalue weighted by Crippen LogP contribution is 2.33. The topological polar surface area (TPSA) is 60.9 Å². The van der Waals surface area contributed by atoms with Gasteiger partial charge in [0.15, 0.2) is 0 Å². The Kier molecular flexibility index (Phi) is 3.65. The van der Waals surface area contributed by atoms with Crippen molar-refractivity contribution in [2.45, 2.75) is 19.4 Å². The Hall–Kier alpha value is -1.75. The van der Waals surface area contributed by atoms with Crippen LogP contribution in [-0.2, 0) is 4.79 Å². The summed E-state index contributed by atoms with van der Waals surface area (Å²) in [6.45, 7) is 4.69. The highest BCUT2D eigenvalue weighted by atomic mass is 35.5. The van der Waals surface area contributed by atoms with E-state index in [1.165, 1.54) is 6.07 Å². The van der Waals surface area contributed by atoms with Crippen LogP contribution < -0.4 is 4.90 Å². The average molecular weight is 297 g/mol. The molecular formula is C14H17ClN2O3. The highest BCUT2D eigenvalue weighted by Gasteiger charge is 2.41. The van der Waals surface area contributed by atoms with Crippen LogP contribution in [0.2, 0.25) is 5.02 Å². The molecule has 0 aliphatic carbocycles. The number of aromatic carboxylic acids is 1. The van der Waals surface area contributed by atoms with E-state index in [4.69, 9.17) is 11.6 Å². The molecule has 6 heteroatoms. The number of benzene rings is 1. The van der Waals surface area contributed by atoms with Crippen molar-refractivity contribution in [3.63, 3.8) is 0 Å². The number of carbonyl (C=O) groups excluding carboxylic acids is 1. The normalized spacial score (nSPS) is 18.3. The molecule has 0 atom stereocenters. The molecule has 1 N–H and O–H groups in total. The molecule has 2 rings (SSSR count). The average Bonchev–Trinajstić information content (AvgIpc) is 2.35. The van der Waals surface area contributed by atoms with E-state index in [2.05, 4.69) is 0 Å². The SMILES string of the molecule is CN1CCN(c2cc(Cl)ccc2C(=O)O)C(C)(C)C1=O. The molecule has 0 spiro atoms. The number of anilines is 1. The molecule has 0 unspecified atom stereocenters. The minimum Gasteiger partial charge on any atom is -0.478 e. The number of likely N-dealkylation sites (N-methyl/N-ethyl adjacent to an activating group) is 1. The van der Waals surface area contributed by atoms with Gasteiger partial charge in [0.1, 0.15) is 5.54 Å². The van der Waals surface area contributed by atoms with Crippen LogP contribution in [-0.4, -0.2) is 47.6 Å². The Labute approximate surface area is 122 Å². The van der Waals surface area contributed by atoms with Gasteiger partial charge < -0.3 is 14.9 Å². The molecule has 1 aliphatic heterocycles. The fraction of sp³-hybridized carbons (Fsp3) is 0.429. The number of carbonyl (C=O) groups is 2. The summed E-state index contributed by atoms with van der Waals surface area (Å²) in [5.74, 6) is -1.07. The summed E-state index contributed by atoms with van der Waals surface area (Å²) < 4.78 is 0. The van der Waals surface area contributed by atoms with Gasteiger partial charge in [0.05, 0.1) is 11.3 Å². The van der Waals surface area contributed by atoms with Crippen LogP contribution >= 0.6 is 11.6 Å². The van der Waals surface area contributed by atoms with Crippen molar-refractivity contribution in [2.75, 3.05) is 25.0 Å². The molecule has 1 aromatic carbocycles. The zero-order valence-electron chi connectivity index (χ0n) is 11.7. The predicted octanol–water partition coefficient (Wildman–Crippen LogP) is 2.10. The number of halogens is 1. The zero-order chi connectivity index (χ0) is 15.1. The van der Waals surface area contributed by atoms with Gasteiger partial charge in [-0.05, 0) is 32.0 Å². The number of carboxylic acid groups (broad SMARTS) is 1. The molecule has 0 aromatic heterocycles. The molecule has 0 radical (unpaired) electrons. The van der Waals surface area contributed by atoms with Crippen molar-refractivity contribution in [2.24, 2.45) is 0 Å². The molecule has 20 heavy (non-hydrogen) atoms. The second kappa shape index (κ2) is 4.98. The molecular weight excluding hydrogens is 280 g/mol. The molecule has 1 saturated heterocycles. The largest absolute Gasteiger partial charge is 0.478 e. The van der Waals surface area contributed by atoms with Gasteiger partial charge in [0, 0.05) is 25.2 Å². The maximum Gasteiger partial charge on any atom is 0.337 e. The first kappa shape index (κ1) is 14.7. The van der Waals surface area contributed by atoms with Crippen LogP contribution in [0.4, 0.5) is 5.69 Å². The summed E-state index contributed by atoms with van der Waals surface area (Å²) in [6.07, 6.45) is 0. The number of rotatable bonds is 2. The summed E-state index contributed by atoms with van der Waals surface area (Å²) >= 11 is 5.98. The fourth-order valence-electron chi connectivity index (χ4n) is 2.54. The lowest BCUT2D eigenvalue weighted by Gasteiger charge is -2.46. The summed E-state index contributed by atoms with van der Waals surface area (Å²) in [5.41, 5.74) is -0.168. The smallest absolute Gasteiger partial charge is 0.337 e. The third kappa shape index (κ3) is 2.33. The van der Waals surface area contributed by atoms with E-state index >= 15 is 0 Å². The first-order valence-electron chi connectivity index (χ1n) is 6.31. The van der Waals surface area contributed by atoms with Crippen molar-refractivity contribution in [1.82, 2.24) is 4.90 Å². The van der Waals surface area contributed by atoms with Gasteiger partial charge in [-0.2, -0.15) is 0 Å². The van der Waals surface area contributed by atoms with Gasteiger partial charge in [-0.1, -0.05) is 11.6 Å². The molecule has 0 bridgehead atoms. The second-order valence-corrected chi connectivity index (χ2v) is 5.84. The molecule has 1 aliphatic rings. The van der Waals surface area contributed by atoms with Crippen LogP contribution in [0.5, 0.6) is 0 Å². The van der Waals surface area contributed by atoms with E-state index in [0.717, 1.165) is 0 Å². The van der Waals surface area contributed by atoms with Crippen LogP contribution in [0.1, 0.15) is 24.2 Å². The lowest BCUT2D eigenvalue weighted by molar-refractivity contribution is -0.136. The zero-order valence-corrected chi connectivity index (χ0v) is 12.4. The van der Waals surface area contributed by atoms with Crippen molar-refractivity contribution in [3.8, 4) is 0 Å². The third-order valence-corrected chi connectivity index (χ3v) is 3.92. The highest BCUT2D eigenvalue weighted by molar-refractivity contribution is 6.31. The lowest BCUT2D eigenvalue weighted by Crippen LogP contribution is -2.62. The quantitative estimate of drug-likeness (QED) is 0.908. The molecule has 108 valence electrons. The molecule has 1 heterocycles. The van der Waals surface area contributed by atoms with Crippen LogP contribution in [0.15, 0.2) is 18.2 Å². The molecule has 1 amide bonds. The standard InChI is InChI=1S/C14H17ClN2O3/c1-14(2)13(20)16(3)6-7-17(14)11-8-9(15)4-5-10(11)12(18)19/h4-5,8H,6-7H2,1-3H3,(H,18,19). The maximum atomic E-state index is 12.3. The number of hydrogen-bond donors (Lipinski definition) is 1. The minimum absolute atomic E-state index is 0.0416. The molecule has 5 nitrogen and oxygen atoms in total. The van der Waals surface area contributed by atoms with Gasteiger partial charge in [-0.15, -0.1) is 0 Å². The maximum absolute atomic E-state index is 12.3. The van der Waals surface area contributed by atoms with Crippen LogP contribution in [0.3, 0.4) is 0 Å². The monoisotopic (exact) mass is 296 g/mol. The number of hydrogen-bond acceptors (Lipinski definition) is 3. The van der Waals surface area contributed by atoms with E-state index in [9.17, 15) is 14.7 Å². The van der Waals surface area contributed by atoms with Gasteiger partial charge in [-0.25, -0.2) is 4.79 Å². The van der Waals surface area contributed by atoms with Crippen molar-refractivity contribution in [3.05, 3.63) is 28.8 Å². The van der Waals surface area contributed by atoms with E-state index in [1.54, 1.807) is 37.9 Å². The van der Waals surface area contributed by atoms with E-state index in [-0.39, 0.29) is 11.5 Å². The van der Waals surface area contributed by atoms with Crippen molar-refractivity contribution >= 4 is 29.2 Å². The number of nitrogens with zero attached hydrogens (tertiary/aromatic N) is 2. The van der Waals surface area contributed by atoms with Crippen LogP contribution in [0.25, 0.3) is 0 Å². The Balaban J connectivity index is 2.53. The summed E-state index contributed by atoms with van der Waals surface area (Å²) in [5, 5.41) is 9.76. The summed E-state index contributed by atoms with van der Waals surface area (Å²) in [7, 11) is 1.75. The van der Waals surface area contributed by atoms with Gasteiger partial charge >= 0.3 is 5.97 Å². The van der Waals surface area contributed by atoms with Gasteiger partial charge in [0.25, 0.3) is 0 Å². The first-order valence-corrected chi connectivity index (χ1v) is 6.69. The van der Waals surface area contributed by atoms with Gasteiger partial charge in [0.2, 0.25) is 5.91 Å². The first-order chi connectivity index (χ1) is 9.25. The van der Waals surface area contributed by atoms with Crippen LogP contribution in [0, 0.1) is 0 Å². The Morgan fingerprint density at radius 1 is 1.35 bits per heavy atom. The number of amides is 1. The van der Waals surface area contributed by atoms with E-state index in [0.29, 0.717) is 23.8 Å². The Morgan fingerprint density at radius 2 is 2.00 bits per heavy atom. The Morgan fingerprint density at radius 3 is 2.60 bits per heavy atom. The minimum atomic E-state index is -1.03. The third-order valence-electron chi connectivity index (χ3n) is 3.68. The number of carboxylic acids is 1. The predicted molar refractivity (Wildman–Crippen MR) is 77.5 cm³/mol. The summed E-state index contributed by atoms with van der Waals surface area (Å²) in [6, 6.07) is 4.61. The Bertz CT molecular complexity index is 572. The van der Waals surface area contributed by atoms with E-state index in [1.807, 2.05) is 4.90 Å². The lowest BCUT2D eigenvalue weighted by atomic mass is 9.95. The fourth-order valence-corrected chi connectivity index (χ4v) is 2.71. The number of piperazine rings is 1. The molecule has 1 fully saturated rings. The van der Waals surface area contributed by atoms with Crippen molar-refractivity contribution in [1.29, 1.82) is 0 Å². The molecule has 1 aromatic rings. The summed E-state index contributed by atoms with van der Waals surface area (Å²) in [4.78, 5) is 27.1. The van der Waals surface area contributed by atoms with Crippen molar-refractivity contribution < 1.29 is 14.7 Å². The second-order valence-electron chi connectivity index (χ2n) is 5.40. The van der Waals surface area contributed by atoms with Gasteiger partial charge in [-0.3, -0.25) is 4.79 Å². The molecule has 0 saturated carbocycles.